The summed E-state index contributed by atoms with van der Waals surface area (Å²) in [7, 11) is 0. The van der Waals surface area contributed by atoms with Crippen LogP contribution in [0.15, 0.2) is 34.7 Å². The van der Waals surface area contributed by atoms with Crippen molar-refractivity contribution >= 4 is 0 Å². The highest BCUT2D eigenvalue weighted by atomic mass is 16.3. The minimum atomic E-state index is -0.0810. The predicted octanol–water partition coefficient (Wildman–Crippen LogP) is 2.85. The fraction of sp³-hybridized carbons (Fsp3) is 0.286. The maximum atomic E-state index is 9.73. The molecule has 2 aromatic rings. The van der Waals surface area contributed by atoms with Crippen LogP contribution in [0.2, 0.25) is 0 Å². The van der Waals surface area contributed by atoms with E-state index in [1.165, 1.54) is 12.1 Å². The Hall–Kier alpha value is -1.94. The van der Waals surface area contributed by atoms with Crippen molar-refractivity contribution < 1.29 is 14.6 Å². The topological polar surface area (TPSA) is 65.6 Å². The number of hydrogen-bond donors (Lipinski definition) is 3. The van der Waals surface area contributed by atoms with Crippen LogP contribution in [0.5, 0.6) is 11.5 Å². The standard InChI is InChI=1S/C14H17NO3/c1-9-3-5-12(18-9)8-15-10(2)13-7-11(16)4-6-14(13)17/h3-7,10,15-17H,8H2,1-2H3. The summed E-state index contributed by atoms with van der Waals surface area (Å²) in [5, 5.41) is 22.4. The normalized spacial score (nSPS) is 12.6. The Kier molecular flexibility index (Phi) is 3.58. The van der Waals surface area contributed by atoms with E-state index >= 15 is 0 Å². The highest BCUT2D eigenvalue weighted by Crippen LogP contribution is 2.27. The number of nitrogens with one attached hydrogen (secondary N) is 1. The van der Waals surface area contributed by atoms with Crippen molar-refractivity contribution in [3.8, 4) is 11.5 Å². The van der Waals surface area contributed by atoms with Crippen molar-refractivity contribution in [1.29, 1.82) is 0 Å². The van der Waals surface area contributed by atoms with Gasteiger partial charge >= 0.3 is 0 Å². The van der Waals surface area contributed by atoms with Gasteiger partial charge in [-0.05, 0) is 44.2 Å². The zero-order valence-electron chi connectivity index (χ0n) is 10.5. The summed E-state index contributed by atoms with van der Waals surface area (Å²) in [6, 6.07) is 8.24. The Morgan fingerprint density at radius 3 is 2.67 bits per heavy atom. The second kappa shape index (κ2) is 5.14. The quantitative estimate of drug-likeness (QED) is 0.727. The molecule has 1 unspecified atom stereocenters. The molecule has 0 amide bonds. The molecule has 0 aliphatic rings. The van der Waals surface area contributed by atoms with E-state index in [0.717, 1.165) is 11.5 Å². The zero-order chi connectivity index (χ0) is 13.1. The lowest BCUT2D eigenvalue weighted by Gasteiger charge is -2.15. The van der Waals surface area contributed by atoms with Crippen molar-refractivity contribution in [3.63, 3.8) is 0 Å². The molecule has 1 heterocycles. The van der Waals surface area contributed by atoms with Gasteiger partial charge in [-0.3, -0.25) is 0 Å². The first kappa shape index (κ1) is 12.5. The van der Waals surface area contributed by atoms with Gasteiger partial charge in [0.15, 0.2) is 0 Å². The van der Waals surface area contributed by atoms with Gasteiger partial charge in [0.05, 0.1) is 6.54 Å². The van der Waals surface area contributed by atoms with Crippen LogP contribution in [0.25, 0.3) is 0 Å². The number of phenolic OH excluding ortho intramolecular Hbond substituents is 2. The molecule has 0 aliphatic heterocycles. The lowest BCUT2D eigenvalue weighted by molar-refractivity contribution is 0.423. The maximum absolute atomic E-state index is 9.73. The van der Waals surface area contributed by atoms with Crippen LogP contribution in [0.3, 0.4) is 0 Å². The highest BCUT2D eigenvalue weighted by Gasteiger charge is 2.11. The molecule has 0 bridgehead atoms. The number of hydrogen-bond acceptors (Lipinski definition) is 4. The number of phenols is 2. The van der Waals surface area contributed by atoms with Crippen LogP contribution < -0.4 is 5.32 Å². The van der Waals surface area contributed by atoms with Crippen molar-refractivity contribution in [2.75, 3.05) is 0 Å². The number of aryl methyl sites for hydroxylation is 1. The van der Waals surface area contributed by atoms with E-state index in [9.17, 15) is 10.2 Å². The molecule has 1 aromatic carbocycles. The first-order valence-corrected chi connectivity index (χ1v) is 5.87. The van der Waals surface area contributed by atoms with Crippen LogP contribution in [-0.4, -0.2) is 10.2 Å². The van der Waals surface area contributed by atoms with Gasteiger partial charge in [0, 0.05) is 11.6 Å². The van der Waals surface area contributed by atoms with Gasteiger partial charge in [-0.25, -0.2) is 0 Å². The highest BCUT2D eigenvalue weighted by molar-refractivity contribution is 5.40. The summed E-state index contributed by atoms with van der Waals surface area (Å²) in [5.41, 5.74) is 0.665. The van der Waals surface area contributed by atoms with Gasteiger partial charge in [0.25, 0.3) is 0 Å². The van der Waals surface area contributed by atoms with Crippen LogP contribution in [0, 0.1) is 6.92 Å². The van der Waals surface area contributed by atoms with Gasteiger partial charge in [0.2, 0.25) is 0 Å². The van der Waals surface area contributed by atoms with E-state index < -0.39 is 0 Å². The molecular weight excluding hydrogens is 230 g/mol. The van der Waals surface area contributed by atoms with Crippen molar-refractivity contribution in [3.05, 3.63) is 47.4 Å². The molecule has 96 valence electrons. The molecule has 0 radical (unpaired) electrons. The number of furan rings is 1. The molecule has 4 nitrogen and oxygen atoms in total. The largest absolute Gasteiger partial charge is 0.508 e. The molecular formula is C14H17NO3. The summed E-state index contributed by atoms with van der Waals surface area (Å²) in [5.74, 6) is 2.03. The minimum absolute atomic E-state index is 0.0810. The van der Waals surface area contributed by atoms with Gasteiger partial charge in [0.1, 0.15) is 23.0 Å². The average Bonchev–Trinajstić information content (AvgIpc) is 2.75. The smallest absolute Gasteiger partial charge is 0.120 e. The Bertz CT molecular complexity index is 534. The summed E-state index contributed by atoms with van der Waals surface area (Å²) < 4.78 is 5.45. The number of benzene rings is 1. The predicted molar refractivity (Wildman–Crippen MR) is 68.5 cm³/mol. The van der Waals surface area contributed by atoms with Crippen LogP contribution >= 0.6 is 0 Å². The van der Waals surface area contributed by atoms with E-state index in [2.05, 4.69) is 5.32 Å². The second-order valence-corrected chi connectivity index (χ2v) is 4.36. The third-order valence-electron chi connectivity index (χ3n) is 2.86. The number of aromatic hydroxyl groups is 2. The summed E-state index contributed by atoms with van der Waals surface area (Å²) in [4.78, 5) is 0. The molecule has 0 spiro atoms. The summed E-state index contributed by atoms with van der Waals surface area (Å²) in [6.45, 7) is 4.39. The molecule has 0 aliphatic carbocycles. The Morgan fingerprint density at radius 2 is 2.00 bits per heavy atom. The monoisotopic (exact) mass is 247 g/mol. The fourth-order valence-corrected chi connectivity index (χ4v) is 1.83. The van der Waals surface area contributed by atoms with Crippen molar-refractivity contribution in [1.82, 2.24) is 5.32 Å². The Balaban J connectivity index is 2.03. The Labute approximate surface area is 106 Å². The first-order valence-electron chi connectivity index (χ1n) is 5.87. The van der Waals surface area contributed by atoms with E-state index in [-0.39, 0.29) is 17.5 Å². The molecule has 2 rings (SSSR count). The van der Waals surface area contributed by atoms with Gasteiger partial charge in [-0.1, -0.05) is 0 Å². The average molecular weight is 247 g/mol. The van der Waals surface area contributed by atoms with Gasteiger partial charge in [-0.15, -0.1) is 0 Å². The summed E-state index contributed by atoms with van der Waals surface area (Å²) in [6.07, 6.45) is 0. The summed E-state index contributed by atoms with van der Waals surface area (Å²) >= 11 is 0. The lowest BCUT2D eigenvalue weighted by atomic mass is 10.1. The SMILES string of the molecule is Cc1ccc(CNC(C)c2cc(O)ccc2O)o1. The van der Waals surface area contributed by atoms with E-state index in [0.29, 0.717) is 12.1 Å². The van der Waals surface area contributed by atoms with E-state index in [1.807, 2.05) is 26.0 Å². The van der Waals surface area contributed by atoms with Gasteiger partial charge in [-0.2, -0.15) is 0 Å². The van der Waals surface area contributed by atoms with Gasteiger partial charge < -0.3 is 19.9 Å². The fourth-order valence-electron chi connectivity index (χ4n) is 1.83. The minimum Gasteiger partial charge on any atom is -0.508 e. The molecule has 0 saturated heterocycles. The molecule has 18 heavy (non-hydrogen) atoms. The molecule has 0 saturated carbocycles. The van der Waals surface area contributed by atoms with E-state index in [4.69, 9.17) is 4.42 Å². The van der Waals surface area contributed by atoms with Crippen molar-refractivity contribution in [2.24, 2.45) is 0 Å². The molecule has 0 fully saturated rings. The Morgan fingerprint density at radius 1 is 1.22 bits per heavy atom. The molecule has 3 N–H and O–H groups in total. The van der Waals surface area contributed by atoms with Crippen molar-refractivity contribution in [2.45, 2.75) is 26.4 Å². The third kappa shape index (κ3) is 2.84. The van der Waals surface area contributed by atoms with Crippen LogP contribution in [-0.2, 0) is 6.54 Å². The van der Waals surface area contributed by atoms with E-state index in [1.54, 1.807) is 6.07 Å². The van der Waals surface area contributed by atoms with Crippen LogP contribution in [0.1, 0.15) is 30.0 Å². The first-order chi connectivity index (χ1) is 8.56. The maximum Gasteiger partial charge on any atom is 0.120 e. The molecule has 4 heteroatoms. The van der Waals surface area contributed by atoms with Crippen LogP contribution in [0.4, 0.5) is 0 Å². The second-order valence-electron chi connectivity index (χ2n) is 4.36. The molecule has 1 aromatic heterocycles. The zero-order valence-corrected chi connectivity index (χ0v) is 10.5. The number of rotatable bonds is 4. The third-order valence-corrected chi connectivity index (χ3v) is 2.86. The molecule has 1 atom stereocenters. The lowest BCUT2D eigenvalue weighted by Crippen LogP contribution is -2.17.